The number of aliphatic hydroxyl groups excluding tert-OH is 1. The van der Waals surface area contributed by atoms with Gasteiger partial charge in [0.25, 0.3) is 0 Å². The van der Waals surface area contributed by atoms with E-state index < -0.39 is 0 Å². The molecule has 0 amide bonds. The van der Waals surface area contributed by atoms with Crippen LogP contribution in [0.1, 0.15) is 31.5 Å². The standard InChI is InChI=1S/C15H24FN3O/c1-11(10-19-7-5-13(20)6-8-19)15(17-2)14-4-3-12(16)9-18-14/h3-4,9,11,13,15,17,20H,5-8,10H2,1-2H3. The summed E-state index contributed by atoms with van der Waals surface area (Å²) >= 11 is 0. The van der Waals surface area contributed by atoms with Crippen molar-refractivity contribution in [2.24, 2.45) is 5.92 Å². The van der Waals surface area contributed by atoms with E-state index in [1.165, 1.54) is 12.3 Å². The zero-order chi connectivity index (χ0) is 14.5. The van der Waals surface area contributed by atoms with Gasteiger partial charge in [-0.2, -0.15) is 0 Å². The molecule has 1 aliphatic rings. The Kier molecular flexibility index (Phi) is 5.46. The normalized spacial score (nSPS) is 20.8. The van der Waals surface area contributed by atoms with Gasteiger partial charge < -0.3 is 15.3 Å². The lowest BCUT2D eigenvalue weighted by Gasteiger charge is -2.33. The predicted molar refractivity (Wildman–Crippen MR) is 76.8 cm³/mol. The second-order valence-electron chi connectivity index (χ2n) is 5.68. The smallest absolute Gasteiger partial charge is 0.141 e. The van der Waals surface area contributed by atoms with Gasteiger partial charge in [0.1, 0.15) is 5.82 Å². The van der Waals surface area contributed by atoms with Gasteiger partial charge >= 0.3 is 0 Å². The quantitative estimate of drug-likeness (QED) is 0.860. The largest absolute Gasteiger partial charge is 0.393 e. The van der Waals surface area contributed by atoms with E-state index in [9.17, 15) is 9.50 Å². The summed E-state index contributed by atoms with van der Waals surface area (Å²) < 4.78 is 12.9. The number of rotatable bonds is 5. The highest BCUT2D eigenvalue weighted by Gasteiger charge is 2.24. The van der Waals surface area contributed by atoms with Crippen LogP contribution in [0.15, 0.2) is 18.3 Å². The maximum absolute atomic E-state index is 12.9. The first-order valence-electron chi connectivity index (χ1n) is 7.29. The molecule has 1 fully saturated rings. The van der Waals surface area contributed by atoms with Crippen LogP contribution in [0.5, 0.6) is 0 Å². The Bertz CT molecular complexity index is 404. The molecule has 1 aromatic rings. The summed E-state index contributed by atoms with van der Waals surface area (Å²) in [5, 5.41) is 12.8. The highest BCUT2D eigenvalue weighted by molar-refractivity contribution is 5.11. The van der Waals surface area contributed by atoms with Gasteiger partial charge in [0.05, 0.1) is 24.0 Å². The zero-order valence-corrected chi connectivity index (χ0v) is 12.2. The Morgan fingerprint density at radius 2 is 2.15 bits per heavy atom. The lowest BCUT2D eigenvalue weighted by Crippen LogP contribution is -2.41. The Balaban J connectivity index is 1.95. The third kappa shape index (κ3) is 3.98. The summed E-state index contributed by atoms with van der Waals surface area (Å²) in [5.74, 6) is 0.0643. The van der Waals surface area contributed by atoms with Crippen molar-refractivity contribution in [1.82, 2.24) is 15.2 Å². The van der Waals surface area contributed by atoms with Crippen molar-refractivity contribution in [1.29, 1.82) is 0 Å². The first-order valence-corrected chi connectivity index (χ1v) is 7.29. The van der Waals surface area contributed by atoms with E-state index in [2.05, 4.69) is 22.1 Å². The first-order chi connectivity index (χ1) is 9.60. The molecule has 2 N–H and O–H groups in total. The number of nitrogens with one attached hydrogen (secondary N) is 1. The lowest BCUT2D eigenvalue weighted by atomic mass is 9.96. The molecule has 0 aliphatic carbocycles. The molecule has 1 aromatic heterocycles. The molecule has 20 heavy (non-hydrogen) atoms. The second kappa shape index (κ2) is 7.11. The van der Waals surface area contributed by atoms with Crippen molar-refractivity contribution in [3.8, 4) is 0 Å². The van der Waals surface area contributed by atoms with Gasteiger partial charge in [0.2, 0.25) is 0 Å². The number of aliphatic hydroxyl groups is 1. The summed E-state index contributed by atoms with van der Waals surface area (Å²) in [5.41, 5.74) is 0.874. The van der Waals surface area contributed by atoms with Crippen LogP contribution in [0, 0.1) is 11.7 Å². The molecule has 0 saturated carbocycles. The number of hydrogen-bond acceptors (Lipinski definition) is 4. The number of hydrogen-bond donors (Lipinski definition) is 2. The van der Waals surface area contributed by atoms with Crippen LogP contribution in [-0.2, 0) is 0 Å². The van der Waals surface area contributed by atoms with Crippen LogP contribution in [-0.4, -0.2) is 47.8 Å². The van der Waals surface area contributed by atoms with Crippen LogP contribution < -0.4 is 5.32 Å². The monoisotopic (exact) mass is 281 g/mol. The van der Waals surface area contributed by atoms with Crippen molar-refractivity contribution in [3.05, 3.63) is 29.8 Å². The fourth-order valence-electron chi connectivity index (χ4n) is 2.91. The highest BCUT2D eigenvalue weighted by atomic mass is 19.1. The minimum atomic E-state index is -0.304. The molecule has 2 atom stereocenters. The van der Waals surface area contributed by atoms with Crippen LogP contribution in [0.25, 0.3) is 0 Å². The van der Waals surface area contributed by atoms with Gasteiger partial charge in [0.15, 0.2) is 0 Å². The number of nitrogens with zero attached hydrogens (tertiary/aromatic N) is 2. The number of piperidine rings is 1. The maximum Gasteiger partial charge on any atom is 0.141 e. The summed E-state index contributed by atoms with van der Waals surface area (Å²) in [4.78, 5) is 6.56. The Labute approximate surface area is 120 Å². The van der Waals surface area contributed by atoms with Crippen molar-refractivity contribution >= 4 is 0 Å². The van der Waals surface area contributed by atoms with Gasteiger partial charge in [-0.15, -0.1) is 0 Å². The molecule has 0 spiro atoms. The Morgan fingerprint density at radius 1 is 1.45 bits per heavy atom. The van der Waals surface area contributed by atoms with Gasteiger partial charge in [-0.25, -0.2) is 4.39 Å². The first kappa shape index (κ1) is 15.4. The average molecular weight is 281 g/mol. The molecule has 0 bridgehead atoms. The van der Waals surface area contributed by atoms with E-state index in [0.29, 0.717) is 5.92 Å². The topological polar surface area (TPSA) is 48.4 Å². The molecule has 5 heteroatoms. The highest BCUT2D eigenvalue weighted by Crippen LogP contribution is 2.22. The van der Waals surface area contributed by atoms with E-state index >= 15 is 0 Å². The fourth-order valence-corrected chi connectivity index (χ4v) is 2.91. The molecule has 1 aliphatic heterocycles. The molecule has 2 heterocycles. The lowest BCUT2D eigenvalue weighted by molar-refractivity contribution is 0.0727. The molecule has 1 saturated heterocycles. The van der Waals surface area contributed by atoms with Crippen molar-refractivity contribution in [3.63, 3.8) is 0 Å². The minimum absolute atomic E-state index is 0.113. The van der Waals surface area contributed by atoms with Gasteiger partial charge in [-0.3, -0.25) is 4.98 Å². The van der Waals surface area contributed by atoms with Gasteiger partial charge in [-0.1, -0.05) is 6.92 Å². The average Bonchev–Trinajstić information content (AvgIpc) is 2.44. The number of halogens is 1. The third-order valence-corrected chi connectivity index (χ3v) is 4.05. The van der Waals surface area contributed by atoms with Crippen molar-refractivity contribution in [2.75, 3.05) is 26.7 Å². The molecule has 2 unspecified atom stereocenters. The van der Waals surface area contributed by atoms with E-state index in [1.54, 1.807) is 6.07 Å². The SMILES string of the molecule is CNC(c1ccc(F)cn1)C(C)CN1CCC(O)CC1. The summed E-state index contributed by atoms with van der Waals surface area (Å²) in [6, 6.07) is 3.31. The van der Waals surface area contributed by atoms with Crippen molar-refractivity contribution in [2.45, 2.75) is 31.9 Å². The van der Waals surface area contributed by atoms with Gasteiger partial charge in [0, 0.05) is 19.6 Å². The van der Waals surface area contributed by atoms with Crippen LogP contribution in [0.2, 0.25) is 0 Å². The van der Waals surface area contributed by atoms with Crippen LogP contribution >= 0.6 is 0 Å². The summed E-state index contributed by atoms with van der Waals surface area (Å²) in [6.07, 6.45) is 2.83. The van der Waals surface area contributed by atoms with Crippen LogP contribution in [0.3, 0.4) is 0 Å². The molecule has 0 radical (unpaired) electrons. The molecule has 112 valence electrons. The number of pyridine rings is 1. The maximum atomic E-state index is 12.9. The van der Waals surface area contributed by atoms with Gasteiger partial charge in [-0.05, 0) is 37.9 Å². The molecule has 2 rings (SSSR count). The van der Waals surface area contributed by atoms with E-state index in [0.717, 1.165) is 38.2 Å². The third-order valence-electron chi connectivity index (χ3n) is 4.05. The molecule has 4 nitrogen and oxygen atoms in total. The van der Waals surface area contributed by atoms with Crippen LogP contribution in [0.4, 0.5) is 4.39 Å². The fraction of sp³-hybridized carbons (Fsp3) is 0.667. The molecular weight excluding hydrogens is 257 g/mol. The van der Waals surface area contributed by atoms with E-state index in [4.69, 9.17) is 0 Å². The second-order valence-corrected chi connectivity index (χ2v) is 5.68. The Hall–Kier alpha value is -1.04. The zero-order valence-electron chi connectivity index (χ0n) is 12.2. The predicted octanol–water partition coefficient (Wildman–Crippen LogP) is 1.57. The van der Waals surface area contributed by atoms with E-state index in [1.807, 2.05) is 7.05 Å². The van der Waals surface area contributed by atoms with Crippen molar-refractivity contribution < 1.29 is 9.50 Å². The summed E-state index contributed by atoms with van der Waals surface area (Å²) in [7, 11) is 1.91. The van der Waals surface area contributed by atoms with E-state index in [-0.39, 0.29) is 18.0 Å². The number of likely N-dealkylation sites (tertiary alicyclic amines) is 1. The Morgan fingerprint density at radius 3 is 2.70 bits per heavy atom. The number of aromatic nitrogens is 1. The summed E-state index contributed by atoms with van der Waals surface area (Å²) in [6.45, 7) is 5.02. The molecular formula is C15H24FN3O. The molecule has 0 aromatic carbocycles. The minimum Gasteiger partial charge on any atom is -0.393 e.